The number of hydrogen-bond acceptors (Lipinski definition) is 1. The van der Waals surface area contributed by atoms with E-state index >= 15 is 0 Å². The van der Waals surface area contributed by atoms with Gasteiger partial charge < -0.3 is 4.90 Å². The molecule has 16 heavy (non-hydrogen) atoms. The summed E-state index contributed by atoms with van der Waals surface area (Å²) in [5, 5.41) is 1.26. The van der Waals surface area contributed by atoms with Crippen LogP contribution in [0.4, 0.5) is 5.69 Å². The fraction of sp³-hybridized carbons (Fsp3) is 0.571. The van der Waals surface area contributed by atoms with Gasteiger partial charge in [-0.2, -0.15) is 0 Å². The van der Waals surface area contributed by atoms with E-state index in [4.69, 9.17) is 0 Å². The fourth-order valence-corrected chi connectivity index (χ4v) is 1.95. The van der Waals surface area contributed by atoms with Gasteiger partial charge in [0.15, 0.2) is 0 Å². The SMILES string of the molecule is CCCCN(CCCC)c1ccc(P)cc1. The minimum atomic E-state index is 1.19. The zero-order valence-electron chi connectivity index (χ0n) is 10.6. The Morgan fingerprint density at radius 2 is 1.44 bits per heavy atom. The summed E-state index contributed by atoms with van der Waals surface area (Å²) in [6.07, 6.45) is 5.10. The molecule has 0 saturated carbocycles. The van der Waals surface area contributed by atoms with E-state index in [0.717, 1.165) is 0 Å². The van der Waals surface area contributed by atoms with Crippen LogP contribution in [-0.2, 0) is 0 Å². The number of rotatable bonds is 7. The highest BCUT2D eigenvalue weighted by Gasteiger charge is 2.04. The van der Waals surface area contributed by atoms with E-state index in [-0.39, 0.29) is 0 Å². The van der Waals surface area contributed by atoms with Crippen molar-refractivity contribution in [1.82, 2.24) is 0 Å². The molecule has 1 unspecified atom stereocenters. The molecule has 1 aromatic rings. The van der Waals surface area contributed by atoms with Crippen LogP contribution < -0.4 is 10.2 Å². The fourth-order valence-electron chi connectivity index (χ4n) is 1.75. The van der Waals surface area contributed by atoms with Gasteiger partial charge in [-0.25, -0.2) is 0 Å². The molecule has 0 aliphatic heterocycles. The quantitative estimate of drug-likeness (QED) is 0.655. The molecule has 0 bridgehead atoms. The molecule has 0 saturated heterocycles. The van der Waals surface area contributed by atoms with Gasteiger partial charge in [0.2, 0.25) is 0 Å². The van der Waals surface area contributed by atoms with Crippen molar-refractivity contribution >= 4 is 20.2 Å². The van der Waals surface area contributed by atoms with E-state index in [1.165, 1.54) is 49.8 Å². The average molecular weight is 237 g/mol. The molecular weight excluding hydrogens is 213 g/mol. The van der Waals surface area contributed by atoms with Crippen molar-refractivity contribution in [3.05, 3.63) is 24.3 Å². The van der Waals surface area contributed by atoms with Gasteiger partial charge in [0.05, 0.1) is 0 Å². The normalized spacial score (nSPS) is 10.4. The zero-order chi connectivity index (χ0) is 11.8. The lowest BCUT2D eigenvalue weighted by Crippen LogP contribution is -2.25. The number of nitrogens with zero attached hydrogens (tertiary/aromatic N) is 1. The van der Waals surface area contributed by atoms with E-state index in [2.05, 4.69) is 52.3 Å². The molecule has 0 aliphatic carbocycles. The van der Waals surface area contributed by atoms with Gasteiger partial charge in [0, 0.05) is 18.8 Å². The van der Waals surface area contributed by atoms with Crippen LogP contribution in [0, 0.1) is 0 Å². The van der Waals surface area contributed by atoms with Crippen molar-refractivity contribution in [2.24, 2.45) is 0 Å². The second-order valence-electron chi connectivity index (χ2n) is 4.29. The van der Waals surface area contributed by atoms with Gasteiger partial charge in [-0.05, 0) is 30.3 Å². The topological polar surface area (TPSA) is 3.24 Å². The van der Waals surface area contributed by atoms with Crippen molar-refractivity contribution in [3.63, 3.8) is 0 Å². The second kappa shape index (κ2) is 7.68. The Kier molecular flexibility index (Phi) is 6.49. The van der Waals surface area contributed by atoms with Gasteiger partial charge in [0.25, 0.3) is 0 Å². The van der Waals surface area contributed by atoms with E-state index in [0.29, 0.717) is 0 Å². The van der Waals surface area contributed by atoms with Crippen LogP contribution in [-0.4, -0.2) is 13.1 Å². The van der Waals surface area contributed by atoms with E-state index in [9.17, 15) is 0 Å². The highest BCUT2D eigenvalue weighted by atomic mass is 31.0. The maximum atomic E-state index is 2.74. The predicted octanol–water partition coefficient (Wildman–Crippen LogP) is 3.59. The summed E-state index contributed by atoms with van der Waals surface area (Å²) in [4.78, 5) is 2.51. The Labute approximate surface area is 102 Å². The van der Waals surface area contributed by atoms with E-state index < -0.39 is 0 Å². The summed E-state index contributed by atoms with van der Waals surface area (Å²) in [6.45, 7) is 6.88. The Morgan fingerprint density at radius 3 is 1.88 bits per heavy atom. The second-order valence-corrected chi connectivity index (χ2v) is 4.95. The standard InChI is InChI=1S/C14H24NP/c1-3-5-11-15(12-6-4-2)13-7-9-14(16)10-8-13/h7-10H,3-6,11-12,16H2,1-2H3. The van der Waals surface area contributed by atoms with Gasteiger partial charge in [-0.1, -0.05) is 38.8 Å². The summed E-state index contributed by atoms with van der Waals surface area (Å²) in [5.41, 5.74) is 1.37. The molecular formula is C14H24NP. The lowest BCUT2D eigenvalue weighted by atomic mass is 10.2. The summed E-state index contributed by atoms with van der Waals surface area (Å²) in [5.74, 6) is 0. The van der Waals surface area contributed by atoms with Crippen molar-refractivity contribution in [3.8, 4) is 0 Å². The van der Waals surface area contributed by atoms with Gasteiger partial charge >= 0.3 is 0 Å². The Balaban J connectivity index is 2.62. The molecule has 1 atom stereocenters. The van der Waals surface area contributed by atoms with Crippen LogP contribution in [0.3, 0.4) is 0 Å². The van der Waals surface area contributed by atoms with Crippen molar-refractivity contribution in [2.45, 2.75) is 39.5 Å². The Hall–Kier alpha value is -0.550. The third kappa shape index (κ3) is 4.53. The van der Waals surface area contributed by atoms with Gasteiger partial charge in [-0.3, -0.25) is 0 Å². The maximum absolute atomic E-state index is 2.74. The molecule has 1 rings (SSSR count). The summed E-state index contributed by atoms with van der Waals surface area (Å²) >= 11 is 0. The van der Waals surface area contributed by atoms with Crippen molar-refractivity contribution in [2.75, 3.05) is 18.0 Å². The van der Waals surface area contributed by atoms with Crippen LogP contribution in [0.2, 0.25) is 0 Å². The molecule has 0 N–H and O–H groups in total. The molecule has 0 heterocycles. The Morgan fingerprint density at radius 1 is 0.938 bits per heavy atom. The molecule has 2 heteroatoms. The van der Waals surface area contributed by atoms with Crippen LogP contribution in [0.15, 0.2) is 24.3 Å². The maximum Gasteiger partial charge on any atom is 0.0366 e. The highest BCUT2D eigenvalue weighted by molar-refractivity contribution is 7.27. The van der Waals surface area contributed by atoms with Gasteiger partial charge in [0.1, 0.15) is 0 Å². The number of unbranched alkanes of at least 4 members (excludes halogenated alkanes) is 2. The smallest absolute Gasteiger partial charge is 0.0366 e. The first-order valence-corrected chi connectivity index (χ1v) is 6.96. The molecule has 1 nitrogen and oxygen atoms in total. The predicted molar refractivity (Wildman–Crippen MR) is 77.8 cm³/mol. The van der Waals surface area contributed by atoms with E-state index in [1.807, 2.05) is 0 Å². The summed E-state index contributed by atoms with van der Waals surface area (Å²) in [7, 11) is 2.74. The molecule has 0 spiro atoms. The minimum Gasteiger partial charge on any atom is -0.372 e. The molecule has 0 amide bonds. The first-order chi connectivity index (χ1) is 7.77. The molecule has 1 aromatic carbocycles. The monoisotopic (exact) mass is 237 g/mol. The molecule has 0 aromatic heterocycles. The largest absolute Gasteiger partial charge is 0.372 e. The van der Waals surface area contributed by atoms with Crippen LogP contribution in [0.25, 0.3) is 0 Å². The average Bonchev–Trinajstić information content (AvgIpc) is 2.31. The first-order valence-electron chi connectivity index (χ1n) is 6.38. The summed E-state index contributed by atoms with van der Waals surface area (Å²) in [6, 6.07) is 8.80. The third-order valence-electron chi connectivity index (χ3n) is 2.82. The number of anilines is 1. The molecule has 90 valence electrons. The Bertz CT molecular complexity index is 273. The van der Waals surface area contributed by atoms with Crippen molar-refractivity contribution in [1.29, 1.82) is 0 Å². The minimum absolute atomic E-state index is 1.19. The third-order valence-corrected chi connectivity index (χ3v) is 3.21. The molecule has 0 radical (unpaired) electrons. The van der Waals surface area contributed by atoms with E-state index in [1.54, 1.807) is 0 Å². The van der Waals surface area contributed by atoms with Crippen LogP contribution >= 0.6 is 9.24 Å². The van der Waals surface area contributed by atoms with Crippen LogP contribution in [0.1, 0.15) is 39.5 Å². The molecule has 0 aliphatic rings. The number of benzene rings is 1. The van der Waals surface area contributed by atoms with Crippen molar-refractivity contribution < 1.29 is 0 Å². The highest BCUT2D eigenvalue weighted by Crippen LogP contribution is 2.15. The zero-order valence-corrected chi connectivity index (χ0v) is 11.7. The number of hydrogen-bond donors (Lipinski definition) is 0. The molecule has 0 fully saturated rings. The van der Waals surface area contributed by atoms with Gasteiger partial charge in [-0.15, -0.1) is 9.24 Å². The lowest BCUT2D eigenvalue weighted by Gasteiger charge is -2.24. The first kappa shape index (κ1) is 13.5. The summed E-state index contributed by atoms with van der Waals surface area (Å²) < 4.78 is 0. The lowest BCUT2D eigenvalue weighted by molar-refractivity contribution is 0.678. The van der Waals surface area contributed by atoms with Crippen LogP contribution in [0.5, 0.6) is 0 Å².